The molecular weight excluding hydrogens is 465 g/mol. The van der Waals surface area contributed by atoms with Gasteiger partial charge in [-0.15, -0.1) is 0 Å². The van der Waals surface area contributed by atoms with Crippen LogP contribution in [0, 0.1) is 23.4 Å². The Kier molecular flexibility index (Phi) is 8.36. The maximum absolute atomic E-state index is 15.0. The van der Waals surface area contributed by atoms with E-state index in [9.17, 15) is 9.50 Å². The molecule has 3 aromatic carbocycles. The molecule has 0 spiro atoms. The van der Waals surface area contributed by atoms with Gasteiger partial charge in [-0.2, -0.15) is 0 Å². The summed E-state index contributed by atoms with van der Waals surface area (Å²) in [6.45, 7) is 5.65. The van der Waals surface area contributed by atoms with Crippen molar-refractivity contribution >= 4 is 0 Å². The van der Waals surface area contributed by atoms with Crippen LogP contribution in [0.4, 0.5) is 13.2 Å². The summed E-state index contributed by atoms with van der Waals surface area (Å²) in [5.74, 6) is -1.02. The van der Waals surface area contributed by atoms with Crippen LogP contribution in [0.3, 0.4) is 0 Å². The summed E-state index contributed by atoms with van der Waals surface area (Å²) in [6, 6.07) is 14.5. The van der Waals surface area contributed by atoms with Crippen molar-refractivity contribution < 1.29 is 27.8 Å². The number of benzene rings is 3. The van der Waals surface area contributed by atoms with Gasteiger partial charge in [0, 0.05) is 17.2 Å². The minimum atomic E-state index is -0.861. The highest BCUT2D eigenvalue weighted by molar-refractivity contribution is 5.65. The lowest BCUT2D eigenvalue weighted by molar-refractivity contribution is 0.0964. The minimum absolute atomic E-state index is 0.0158. The van der Waals surface area contributed by atoms with Gasteiger partial charge in [-0.05, 0) is 79.8 Å². The Morgan fingerprint density at radius 1 is 0.917 bits per heavy atom. The van der Waals surface area contributed by atoms with Gasteiger partial charge in [0.2, 0.25) is 0 Å². The van der Waals surface area contributed by atoms with Crippen molar-refractivity contribution in [3.8, 4) is 22.6 Å². The highest BCUT2D eigenvalue weighted by atomic mass is 19.2. The van der Waals surface area contributed by atoms with Gasteiger partial charge < -0.3 is 14.6 Å². The fourth-order valence-electron chi connectivity index (χ4n) is 4.80. The SMILES string of the molecule is C=CCOc1ccc(COc2ccc(-c3ccc(C4CCC(C(C)O)CC4)c(F)c3F)cc2)c(F)c1. The van der Waals surface area contributed by atoms with Crippen LogP contribution in [-0.2, 0) is 6.61 Å². The standard InChI is InChI=1S/C30H31F3O3/c1-3-16-35-25-13-10-23(28(31)17-25)18-36-24-11-8-22(9-12-24)27-15-14-26(29(32)30(27)33)21-6-4-20(5-7-21)19(2)34/h3,8-15,17,19-21,34H,1,4-7,16,18H2,2H3. The van der Waals surface area contributed by atoms with Crippen molar-refractivity contribution in [3.63, 3.8) is 0 Å². The van der Waals surface area contributed by atoms with E-state index < -0.39 is 17.5 Å². The Bertz CT molecular complexity index is 1180. The molecule has 1 fully saturated rings. The molecule has 1 unspecified atom stereocenters. The number of aliphatic hydroxyl groups excluding tert-OH is 1. The Labute approximate surface area is 210 Å². The fourth-order valence-corrected chi connectivity index (χ4v) is 4.80. The zero-order valence-corrected chi connectivity index (χ0v) is 20.4. The van der Waals surface area contributed by atoms with Crippen LogP contribution < -0.4 is 9.47 Å². The third kappa shape index (κ3) is 5.93. The predicted molar refractivity (Wildman–Crippen MR) is 135 cm³/mol. The van der Waals surface area contributed by atoms with E-state index in [1.807, 2.05) is 0 Å². The Morgan fingerprint density at radius 3 is 2.25 bits per heavy atom. The van der Waals surface area contributed by atoms with E-state index >= 15 is 8.78 Å². The molecule has 1 atom stereocenters. The predicted octanol–water partition coefficient (Wildman–Crippen LogP) is 7.57. The summed E-state index contributed by atoms with van der Waals surface area (Å²) in [5, 5.41) is 9.79. The van der Waals surface area contributed by atoms with Crippen LogP contribution in [0.5, 0.6) is 11.5 Å². The van der Waals surface area contributed by atoms with Gasteiger partial charge in [-0.3, -0.25) is 0 Å². The topological polar surface area (TPSA) is 38.7 Å². The zero-order chi connectivity index (χ0) is 25.7. The van der Waals surface area contributed by atoms with Crippen LogP contribution in [-0.4, -0.2) is 17.8 Å². The molecule has 6 heteroatoms. The van der Waals surface area contributed by atoms with Crippen molar-refractivity contribution in [2.24, 2.45) is 5.92 Å². The Balaban J connectivity index is 1.41. The number of hydrogen-bond acceptors (Lipinski definition) is 3. The second-order valence-electron chi connectivity index (χ2n) is 9.35. The average molecular weight is 497 g/mol. The number of ether oxygens (including phenoxy) is 2. The molecule has 0 amide bonds. The van der Waals surface area contributed by atoms with Gasteiger partial charge in [-0.25, -0.2) is 13.2 Å². The van der Waals surface area contributed by atoms with Crippen molar-refractivity contribution in [1.82, 2.24) is 0 Å². The van der Waals surface area contributed by atoms with Crippen molar-refractivity contribution in [2.75, 3.05) is 6.61 Å². The normalized spacial score (nSPS) is 18.5. The highest BCUT2D eigenvalue weighted by Crippen LogP contribution is 2.40. The number of hydrogen-bond donors (Lipinski definition) is 1. The van der Waals surface area contributed by atoms with Gasteiger partial charge in [0.15, 0.2) is 11.6 Å². The van der Waals surface area contributed by atoms with E-state index in [1.54, 1.807) is 61.5 Å². The smallest absolute Gasteiger partial charge is 0.166 e. The summed E-state index contributed by atoms with van der Waals surface area (Å²) in [7, 11) is 0. The quantitative estimate of drug-likeness (QED) is 0.311. The molecule has 0 heterocycles. The fraction of sp³-hybridized carbons (Fsp3) is 0.333. The Morgan fingerprint density at radius 2 is 1.61 bits per heavy atom. The first-order chi connectivity index (χ1) is 17.4. The lowest BCUT2D eigenvalue weighted by Crippen LogP contribution is -2.23. The largest absolute Gasteiger partial charge is 0.489 e. The van der Waals surface area contributed by atoms with Gasteiger partial charge in [0.25, 0.3) is 0 Å². The molecule has 1 aliphatic rings. The van der Waals surface area contributed by atoms with E-state index in [0.717, 1.165) is 25.7 Å². The highest BCUT2D eigenvalue weighted by Gasteiger charge is 2.28. The van der Waals surface area contributed by atoms with Crippen molar-refractivity contribution in [3.05, 3.63) is 95.8 Å². The summed E-state index contributed by atoms with van der Waals surface area (Å²) < 4.78 is 55.3. The van der Waals surface area contributed by atoms with E-state index in [-0.39, 0.29) is 30.1 Å². The molecule has 0 saturated heterocycles. The molecule has 0 radical (unpaired) electrons. The molecule has 1 aliphatic carbocycles. The lowest BCUT2D eigenvalue weighted by Gasteiger charge is -2.30. The third-order valence-electron chi connectivity index (χ3n) is 6.96. The van der Waals surface area contributed by atoms with E-state index in [2.05, 4.69) is 6.58 Å². The first-order valence-corrected chi connectivity index (χ1v) is 12.3. The van der Waals surface area contributed by atoms with E-state index in [1.165, 1.54) is 6.07 Å². The summed E-state index contributed by atoms with van der Waals surface area (Å²) in [6.07, 6.45) is 4.31. The first kappa shape index (κ1) is 25.8. The number of halogens is 3. The zero-order valence-electron chi connectivity index (χ0n) is 20.4. The van der Waals surface area contributed by atoms with Crippen LogP contribution in [0.15, 0.2) is 67.3 Å². The van der Waals surface area contributed by atoms with Crippen LogP contribution in [0.2, 0.25) is 0 Å². The monoisotopic (exact) mass is 496 g/mol. The van der Waals surface area contributed by atoms with Gasteiger partial charge in [0.1, 0.15) is 30.5 Å². The molecule has 3 nitrogen and oxygen atoms in total. The van der Waals surface area contributed by atoms with Crippen LogP contribution >= 0.6 is 0 Å². The molecule has 3 aromatic rings. The molecule has 0 aliphatic heterocycles. The summed E-state index contributed by atoms with van der Waals surface area (Å²) in [5.41, 5.74) is 1.49. The summed E-state index contributed by atoms with van der Waals surface area (Å²) in [4.78, 5) is 0. The van der Waals surface area contributed by atoms with Crippen LogP contribution in [0.25, 0.3) is 11.1 Å². The third-order valence-corrected chi connectivity index (χ3v) is 6.96. The van der Waals surface area contributed by atoms with Crippen LogP contribution in [0.1, 0.15) is 49.7 Å². The van der Waals surface area contributed by atoms with Crippen molar-refractivity contribution in [2.45, 2.75) is 51.2 Å². The molecule has 4 rings (SSSR count). The molecule has 36 heavy (non-hydrogen) atoms. The first-order valence-electron chi connectivity index (χ1n) is 12.3. The average Bonchev–Trinajstić information content (AvgIpc) is 2.89. The number of aliphatic hydroxyl groups is 1. The molecule has 1 N–H and O–H groups in total. The van der Waals surface area contributed by atoms with Gasteiger partial charge in [-0.1, -0.05) is 36.9 Å². The number of rotatable bonds is 9. The Hall–Kier alpha value is -3.25. The second kappa shape index (κ2) is 11.7. The lowest BCUT2D eigenvalue weighted by atomic mass is 9.76. The summed E-state index contributed by atoms with van der Waals surface area (Å²) >= 11 is 0. The van der Waals surface area contributed by atoms with Crippen molar-refractivity contribution in [1.29, 1.82) is 0 Å². The van der Waals surface area contributed by atoms with Gasteiger partial charge >= 0.3 is 0 Å². The van der Waals surface area contributed by atoms with Gasteiger partial charge in [0.05, 0.1) is 6.10 Å². The maximum atomic E-state index is 15.0. The molecule has 0 aromatic heterocycles. The van der Waals surface area contributed by atoms with E-state index in [4.69, 9.17) is 9.47 Å². The molecule has 190 valence electrons. The molecule has 1 saturated carbocycles. The maximum Gasteiger partial charge on any atom is 0.166 e. The second-order valence-corrected chi connectivity index (χ2v) is 9.35. The molecule has 0 bridgehead atoms. The molecular formula is C30H31F3O3. The minimum Gasteiger partial charge on any atom is -0.489 e. The van der Waals surface area contributed by atoms with E-state index in [0.29, 0.717) is 34.8 Å².